The molecule has 2 aliphatic carbocycles. The van der Waals surface area contributed by atoms with Gasteiger partial charge in [-0.3, -0.25) is 14.7 Å². The van der Waals surface area contributed by atoms with Crippen LogP contribution in [0.15, 0.2) is 12.7 Å². The highest BCUT2D eigenvalue weighted by Crippen LogP contribution is 2.32. The Morgan fingerprint density at radius 2 is 0.917 bits per heavy atom. The fourth-order valence-corrected chi connectivity index (χ4v) is 9.20. The lowest BCUT2D eigenvalue weighted by Gasteiger charge is -2.31. The van der Waals surface area contributed by atoms with Gasteiger partial charge >= 0.3 is 0 Å². The van der Waals surface area contributed by atoms with Crippen LogP contribution in [0.4, 0.5) is 0 Å². The number of nitrogens with zero attached hydrogens (tertiary/aromatic N) is 10. The fourth-order valence-electron chi connectivity index (χ4n) is 9.20. The zero-order chi connectivity index (χ0) is 44.1. The second-order valence-corrected chi connectivity index (χ2v) is 20.0. The lowest BCUT2D eigenvalue weighted by Crippen LogP contribution is -2.44. The van der Waals surface area contributed by atoms with Gasteiger partial charge in [-0.15, -0.1) is 6.58 Å². The normalized spacial score (nSPS) is 27.1. The van der Waals surface area contributed by atoms with Gasteiger partial charge in [0.25, 0.3) is 0 Å². The Hall–Kier alpha value is -0.660. The topological polar surface area (TPSA) is 32.4 Å². The molecule has 0 radical (unpaired) electrons. The predicted octanol–water partition coefficient (Wildman–Crippen LogP) is 6.36. The largest absolute Gasteiger partial charge is 0.305 e. The van der Waals surface area contributed by atoms with Crippen molar-refractivity contribution in [3.63, 3.8) is 0 Å². The Balaban J connectivity index is 0.000000249. The third-order valence-corrected chi connectivity index (χ3v) is 14.2. The predicted molar refractivity (Wildman–Crippen MR) is 265 cm³/mol. The van der Waals surface area contributed by atoms with Gasteiger partial charge in [0.05, 0.1) is 0 Å². The van der Waals surface area contributed by atoms with E-state index in [1.807, 2.05) is 6.08 Å². The van der Waals surface area contributed by atoms with Gasteiger partial charge in [0.2, 0.25) is 0 Å². The van der Waals surface area contributed by atoms with Crippen LogP contribution in [0, 0.1) is 11.8 Å². The van der Waals surface area contributed by atoms with Gasteiger partial charge in [-0.05, 0) is 171 Å². The van der Waals surface area contributed by atoms with Crippen LogP contribution in [-0.4, -0.2) is 247 Å². The van der Waals surface area contributed by atoms with Gasteiger partial charge < -0.3 is 34.3 Å². The molecule has 5 saturated heterocycles. The van der Waals surface area contributed by atoms with Crippen LogP contribution in [0.2, 0.25) is 0 Å². The molecule has 7 aliphatic rings. The Morgan fingerprint density at radius 1 is 0.483 bits per heavy atom. The molecule has 0 N–H and O–H groups in total. The molecule has 0 bridgehead atoms. The average molecular weight is 847 g/mol. The monoisotopic (exact) mass is 847 g/mol. The third kappa shape index (κ3) is 26.8. The SMILES string of the molecule is C=CCN1CCCN(C)CC1.CC(C)N1CCCN(C)CC1.CCC1CC[C@@H](C)C1.CCN1CCCN(C)CC1.CCN1CCN(C)CC1.CN1CCCN(C2CC2)CC1. The zero-order valence-corrected chi connectivity index (χ0v) is 42.4. The number of rotatable bonds is 7. The van der Waals surface area contributed by atoms with E-state index in [0.29, 0.717) is 0 Å². The first kappa shape index (κ1) is 55.5. The van der Waals surface area contributed by atoms with Crippen molar-refractivity contribution in [3.05, 3.63) is 12.7 Å². The first-order valence-corrected chi connectivity index (χ1v) is 25.6. The van der Waals surface area contributed by atoms with Crippen molar-refractivity contribution < 1.29 is 0 Å². The summed E-state index contributed by atoms with van der Waals surface area (Å²) in [6.45, 7) is 46.1. The number of likely N-dealkylation sites (N-methyl/N-ethyl adjacent to an activating group) is 7. The third-order valence-electron chi connectivity index (χ3n) is 14.2. The summed E-state index contributed by atoms with van der Waals surface area (Å²) in [7, 11) is 11.0. The second-order valence-electron chi connectivity index (χ2n) is 20.0. The molecule has 1 unspecified atom stereocenters. The van der Waals surface area contributed by atoms with Crippen molar-refractivity contribution in [2.45, 2.75) is 118 Å². The fraction of sp³-hybridized carbons (Fsp3) is 0.960. The molecular formula is C50H106N10. The van der Waals surface area contributed by atoms with Gasteiger partial charge in [-0.1, -0.05) is 53.0 Å². The van der Waals surface area contributed by atoms with E-state index < -0.39 is 0 Å². The van der Waals surface area contributed by atoms with Gasteiger partial charge in [-0.2, -0.15) is 0 Å². The standard InChI is InChI=1S/C9H18N2.C9H20N2.C9H18N2.C8H18N2.C8H16.C7H16N2/c1-10-5-2-6-11(8-7-10)9-3-4-9;1-9(2)11-6-4-5-10(3)7-8-11;1-3-5-11-7-4-6-10(2)8-9-11;1-3-10-6-4-5-9(2)7-8-10;1-3-8-5-4-7(2)6-8;1-3-9-6-4-8(2)5-7-9/h9H,2-8H2,1H3;9H,4-8H2,1-3H3;3H,1,4-9H2,2H3;3-8H2,1-2H3;7-8H,3-6H2,1-2H3;3-7H2,1-2H3/t;;;;7-,8?;/m....1./s1. The van der Waals surface area contributed by atoms with E-state index in [9.17, 15) is 0 Å². The lowest BCUT2D eigenvalue weighted by molar-refractivity contribution is 0.160. The van der Waals surface area contributed by atoms with Crippen molar-refractivity contribution >= 4 is 0 Å². The van der Waals surface area contributed by atoms with E-state index in [4.69, 9.17) is 0 Å². The molecule has 0 spiro atoms. The second kappa shape index (κ2) is 33.8. The van der Waals surface area contributed by atoms with Gasteiger partial charge in [0.1, 0.15) is 0 Å². The Labute approximate surface area is 376 Å². The summed E-state index contributed by atoms with van der Waals surface area (Å²) in [5.41, 5.74) is 0. The quantitative estimate of drug-likeness (QED) is 0.271. The maximum absolute atomic E-state index is 3.75. The number of piperazine rings is 1. The molecule has 2 saturated carbocycles. The maximum atomic E-state index is 3.75. The summed E-state index contributed by atoms with van der Waals surface area (Å²) < 4.78 is 0. The van der Waals surface area contributed by atoms with E-state index in [1.54, 1.807) is 0 Å². The first-order chi connectivity index (χ1) is 28.9. The summed E-state index contributed by atoms with van der Waals surface area (Å²) in [5, 5.41) is 0. The summed E-state index contributed by atoms with van der Waals surface area (Å²) in [4.78, 5) is 24.7. The minimum Gasteiger partial charge on any atom is -0.305 e. The molecule has 60 heavy (non-hydrogen) atoms. The average Bonchev–Trinajstić information content (AvgIpc) is 4.10. The van der Waals surface area contributed by atoms with Crippen LogP contribution < -0.4 is 0 Å². The van der Waals surface area contributed by atoms with Crippen LogP contribution in [0.1, 0.15) is 106 Å². The van der Waals surface area contributed by atoms with Crippen molar-refractivity contribution in [2.24, 2.45) is 11.8 Å². The number of hydrogen-bond donors (Lipinski definition) is 0. The maximum Gasteiger partial charge on any atom is 0.0161 e. The highest BCUT2D eigenvalue weighted by Gasteiger charge is 2.29. The van der Waals surface area contributed by atoms with Crippen LogP contribution in [-0.2, 0) is 0 Å². The molecule has 0 aromatic rings. The van der Waals surface area contributed by atoms with Crippen LogP contribution >= 0.6 is 0 Å². The highest BCUT2D eigenvalue weighted by atomic mass is 15.3. The van der Waals surface area contributed by atoms with Gasteiger partial charge in [0, 0.05) is 97.2 Å². The summed E-state index contributed by atoms with van der Waals surface area (Å²) in [5.74, 6) is 2.10. The molecule has 7 rings (SSSR count). The Kier molecular flexibility index (Phi) is 31.2. The van der Waals surface area contributed by atoms with E-state index >= 15 is 0 Å². The molecule has 10 nitrogen and oxygen atoms in total. The van der Waals surface area contributed by atoms with Crippen molar-refractivity contribution in [1.29, 1.82) is 0 Å². The molecule has 5 aliphatic heterocycles. The summed E-state index contributed by atoms with van der Waals surface area (Å²) in [6.07, 6.45) is 16.1. The smallest absolute Gasteiger partial charge is 0.0161 e. The van der Waals surface area contributed by atoms with Crippen molar-refractivity contribution in [2.75, 3.05) is 186 Å². The van der Waals surface area contributed by atoms with E-state index in [1.165, 1.54) is 208 Å². The molecule has 0 aromatic heterocycles. The molecular weight excluding hydrogens is 741 g/mol. The molecule has 356 valence electrons. The van der Waals surface area contributed by atoms with Crippen molar-refractivity contribution in [1.82, 2.24) is 49.0 Å². The molecule has 2 atom stereocenters. The first-order valence-electron chi connectivity index (χ1n) is 25.6. The van der Waals surface area contributed by atoms with E-state index in [0.717, 1.165) is 30.5 Å². The minimum atomic E-state index is 0.724. The highest BCUT2D eigenvalue weighted by molar-refractivity contribution is 4.86. The molecule has 10 heteroatoms. The number of hydrogen-bond acceptors (Lipinski definition) is 10. The zero-order valence-electron chi connectivity index (χ0n) is 42.4. The van der Waals surface area contributed by atoms with Crippen LogP contribution in [0.25, 0.3) is 0 Å². The molecule has 5 heterocycles. The minimum absolute atomic E-state index is 0.724. The lowest BCUT2D eigenvalue weighted by atomic mass is 10.0. The Morgan fingerprint density at radius 3 is 1.35 bits per heavy atom. The Bertz CT molecular complexity index is 982. The molecule has 7 fully saturated rings. The van der Waals surface area contributed by atoms with E-state index in [2.05, 4.69) is 132 Å². The molecule has 0 aromatic carbocycles. The summed E-state index contributed by atoms with van der Waals surface area (Å²) >= 11 is 0. The van der Waals surface area contributed by atoms with Gasteiger partial charge in [0.15, 0.2) is 0 Å². The van der Waals surface area contributed by atoms with Gasteiger partial charge in [-0.25, -0.2) is 0 Å². The van der Waals surface area contributed by atoms with Crippen LogP contribution in [0.5, 0.6) is 0 Å². The summed E-state index contributed by atoms with van der Waals surface area (Å²) in [6, 6.07) is 1.70. The molecule has 0 amide bonds. The van der Waals surface area contributed by atoms with Crippen molar-refractivity contribution in [3.8, 4) is 0 Å². The van der Waals surface area contributed by atoms with Crippen LogP contribution in [0.3, 0.4) is 0 Å². The van der Waals surface area contributed by atoms with E-state index in [-0.39, 0.29) is 0 Å².